The Kier molecular flexibility index (Phi) is 3.69. The van der Waals surface area contributed by atoms with Crippen LogP contribution in [0, 0.1) is 0 Å². The molecule has 16 heavy (non-hydrogen) atoms. The van der Waals surface area contributed by atoms with Crippen LogP contribution in [-0.2, 0) is 4.74 Å². The Hall–Kier alpha value is -0.770. The number of aliphatic hydroxyl groups excluding tert-OH is 1. The smallest absolute Gasteiger partial charge is 0.137 e. The Morgan fingerprint density at radius 3 is 3.00 bits per heavy atom. The lowest BCUT2D eigenvalue weighted by Gasteiger charge is -2.27. The minimum absolute atomic E-state index is 0.0603. The Morgan fingerprint density at radius 1 is 1.50 bits per heavy atom. The molecule has 1 saturated heterocycles. The normalized spacial score (nSPS) is 25.4. The summed E-state index contributed by atoms with van der Waals surface area (Å²) in [7, 11) is 1.58. The Morgan fingerprint density at radius 2 is 2.31 bits per heavy atom. The molecule has 1 fully saturated rings. The van der Waals surface area contributed by atoms with E-state index in [0.29, 0.717) is 30.2 Å². The average Bonchev–Trinajstić information content (AvgIpc) is 2.29. The molecule has 0 amide bonds. The molecule has 2 unspecified atom stereocenters. The zero-order chi connectivity index (χ0) is 11.5. The largest absolute Gasteiger partial charge is 0.495 e. The molecule has 1 aliphatic rings. The van der Waals surface area contributed by atoms with Crippen molar-refractivity contribution in [1.82, 2.24) is 0 Å². The zero-order valence-corrected chi connectivity index (χ0v) is 9.91. The zero-order valence-electron chi connectivity index (χ0n) is 9.15. The number of hydrogen-bond donors (Lipinski definition) is 1. The van der Waals surface area contributed by atoms with Crippen LogP contribution in [0.5, 0.6) is 5.75 Å². The van der Waals surface area contributed by atoms with Gasteiger partial charge in [-0.3, -0.25) is 0 Å². The second-order valence-electron chi connectivity index (χ2n) is 3.93. The molecule has 1 aromatic carbocycles. The van der Waals surface area contributed by atoms with Crippen LogP contribution >= 0.6 is 11.6 Å². The first-order valence-electron chi connectivity index (χ1n) is 5.34. The molecule has 1 aliphatic heterocycles. The first-order valence-corrected chi connectivity index (χ1v) is 5.71. The van der Waals surface area contributed by atoms with Gasteiger partial charge in [0, 0.05) is 13.0 Å². The van der Waals surface area contributed by atoms with Gasteiger partial charge in [0.15, 0.2) is 0 Å². The molecular weight excluding hydrogens is 228 g/mol. The molecule has 0 radical (unpaired) electrons. The molecule has 0 aliphatic carbocycles. The van der Waals surface area contributed by atoms with Gasteiger partial charge in [0.05, 0.1) is 24.3 Å². The van der Waals surface area contributed by atoms with E-state index in [0.717, 1.165) is 5.56 Å². The molecular formula is C12H15ClO3. The van der Waals surface area contributed by atoms with Crippen molar-refractivity contribution in [3.63, 3.8) is 0 Å². The van der Waals surface area contributed by atoms with E-state index in [1.54, 1.807) is 13.2 Å². The van der Waals surface area contributed by atoms with E-state index in [-0.39, 0.29) is 12.2 Å². The predicted molar refractivity (Wildman–Crippen MR) is 61.9 cm³/mol. The summed E-state index contributed by atoms with van der Waals surface area (Å²) in [5.74, 6) is 0.642. The van der Waals surface area contributed by atoms with E-state index in [2.05, 4.69) is 0 Å². The van der Waals surface area contributed by atoms with Gasteiger partial charge in [0.1, 0.15) is 5.75 Å². The summed E-state index contributed by atoms with van der Waals surface area (Å²) in [4.78, 5) is 0. The standard InChI is InChI=1S/C12H15ClO3/c1-15-12-6-8(2-3-10(12)13)11-7-9(14)4-5-16-11/h2-3,6,9,11,14H,4-5,7H2,1H3. The third-order valence-corrected chi connectivity index (χ3v) is 3.12. The molecule has 0 bridgehead atoms. The van der Waals surface area contributed by atoms with Crippen molar-refractivity contribution in [1.29, 1.82) is 0 Å². The molecule has 0 spiro atoms. The van der Waals surface area contributed by atoms with Crippen molar-refractivity contribution in [3.8, 4) is 5.75 Å². The van der Waals surface area contributed by atoms with Crippen LogP contribution < -0.4 is 4.74 Å². The number of methoxy groups -OCH3 is 1. The van der Waals surface area contributed by atoms with Crippen LogP contribution in [0.4, 0.5) is 0 Å². The topological polar surface area (TPSA) is 38.7 Å². The Balaban J connectivity index is 2.19. The van der Waals surface area contributed by atoms with Crippen LogP contribution in [0.2, 0.25) is 5.02 Å². The number of halogens is 1. The minimum Gasteiger partial charge on any atom is -0.495 e. The van der Waals surface area contributed by atoms with Crippen LogP contribution in [0.1, 0.15) is 24.5 Å². The summed E-state index contributed by atoms with van der Waals surface area (Å²) >= 11 is 5.95. The number of ether oxygens (including phenoxy) is 2. The number of rotatable bonds is 2. The van der Waals surface area contributed by atoms with Gasteiger partial charge in [-0.15, -0.1) is 0 Å². The second-order valence-corrected chi connectivity index (χ2v) is 4.34. The summed E-state index contributed by atoms with van der Waals surface area (Å²) in [6.45, 7) is 0.594. The van der Waals surface area contributed by atoms with Crippen molar-refractivity contribution in [3.05, 3.63) is 28.8 Å². The van der Waals surface area contributed by atoms with Crippen LogP contribution in [-0.4, -0.2) is 24.9 Å². The molecule has 4 heteroatoms. The molecule has 1 N–H and O–H groups in total. The average molecular weight is 243 g/mol. The highest BCUT2D eigenvalue weighted by atomic mass is 35.5. The maximum Gasteiger partial charge on any atom is 0.137 e. The van der Waals surface area contributed by atoms with E-state index in [4.69, 9.17) is 21.1 Å². The summed E-state index contributed by atoms with van der Waals surface area (Å²) in [5, 5.41) is 10.2. The third-order valence-electron chi connectivity index (χ3n) is 2.80. The molecule has 2 atom stereocenters. The quantitative estimate of drug-likeness (QED) is 0.866. The molecule has 1 heterocycles. The molecule has 88 valence electrons. The highest BCUT2D eigenvalue weighted by molar-refractivity contribution is 6.32. The fourth-order valence-corrected chi connectivity index (χ4v) is 2.08. The number of benzene rings is 1. The molecule has 0 aromatic heterocycles. The highest BCUT2D eigenvalue weighted by Gasteiger charge is 2.22. The van der Waals surface area contributed by atoms with Crippen LogP contribution in [0.15, 0.2) is 18.2 Å². The van der Waals surface area contributed by atoms with Gasteiger partial charge >= 0.3 is 0 Å². The fourth-order valence-electron chi connectivity index (χ4n) is 1.89. The van der Waals surface area contributed by atoms with Gasteiger partial charge in [0.25, 0.3) is 0 Å². The monoisotopic (exact) mass is 242 g/mol. The van der Waals surface area contributed by atoms with E-state index >= 15 is 0 Å². The van der Waals surface area contributed by atoms with Gasteiger partial charge in [-0.05, 0) is 24.1 Å². The van der Waals surface area contributed by atoms with Gasteiger partial charge < -0.3 is 14.6 Å². The SMILES string of the molecule is COc1cc(C2CC(O)CCO2)ccc1Cl. The third kappa shape index (κ3) is 2.48. The van der Waals surface area contributed by atoms with Gasteiger partial charge in [-0.2, -0.15) is 0 Å². The Bertz CT molecular complexity index is 367. The van der Waals surface area contributed by atoms with Crippen molar-refractivity contribution in [2.75, 3.05) is 13.7 Å². The van der Waals surface area contributed by atoms with E-state index < -0.39 is 0 Å². The first kappa shape index (κ1) is 11.7. The summed E-state index contributed by atoms with van der Waals surface area (Å²) in [6.07, 6.45) is 1.00. The van der Waals surface area contributed by atoms with Crippen molar-refractivity contribution >= 4 is 11.6 Å². The second kappa shape index (κ2) is 5.04. The summed E-state index contributed by atoms with van der Waals surface area (Å²) in [6, 6.07) is 5.57. The fraction of sp³-hybridized carbons (Fsp3) is 0.500. The lowest BCUT2D eigenvalue weighted by atomic mass is 9.99. The summed E-state index contributed by atoms with van der Waals surface area (Å²) < 4.78 is 10.8. The first-order chi connectivity index (χ1) is 7.70. The predicted octanol–water partition coefficient (Wildman–Crippen LogP) is 2.56. The maximum atomic E-state index is 9.58. The lowest BCUT2D eigenvalue weighted by molar-refractivity contribution is -0.0448. The van der Waals surface area contributed by atoms with Crippen molar-refractivity contribution in [2.45, 2.75) is 25.0 Å². The van der Waals surface area contributed by atoms with E-state index in [9.17, 15) is 5.11 Å². The van der Waals surface area contributed by atoms with Crippen LogP contribution in [0.25, 0.3) is 0 Å². The Labute approximate surface area is 99.9 Å². The molecule has 2 rings (SSSR count). The van der Waals surface area contributed by atoms with E-state index in [1.165, 1.54) is 0 Å². The number of hydrogen-bond acceptors (Lipinski definition) is 3. The van der Waals surface area contributed by atoms with Gasteiger partial charge in [-0.25, -0.2) is 0 Å². The highest BCUT2D eigenvalue weighted by Crippen LogP contribution is 2.33. The molecule has 1 aromatic rings. The summed E-state index contributed by atoms with van der Waals surface area (Å²) in [5.41, 5.74) is 1.00. The maximum absolute atomic E-state index is 9.58. The van der Waals surface area contributed by atoms with Crippen LogP contribution in [0.3, 0.4) is 0 Å². The lowest BCUT2D eigenvalue weighted by Crippen LogP contribution is -2.23. The number of aliphatic hydroxyl groups is 1. The van der Waals surface area contributed by atoms with E-state index in [1.807, 2.05) is 12.1 Å². The molecule has 0 saturated carbocycles. The minimum atomic E-state index is -0.277. The molecule has 3 nitrogen and oxygen atoms in total. The van der Waals surface area contributed by atoms with Crippen molar-refractivity contribution in [2.24, 2.45) is 0 Å². The van der Waals surface area contributed by atoms with Gasteiger partial charge in [-0.1, -0.05) is 17.7 Å². The van der Waals surface area contributed by atoms with Gasteiger partial charge in [0.2, 0.25) is 0 Å². The van der Waals surface area contributed by atoms with Crippen molar-refractivity contribution < 1.29 is 14.6 Å².